The summed E-state index contributed by atoms with van der Waals surface area (Å²) >= 11 is 0. The fourth-order valence-electron chi connectivity index (χ4n) is 5.71. The number of carbonyl (C=O) groups is 2. The predicted octanol–water partition coefficient (Wildman–Crippen LogP) is 6.08. The molecule has 2 heterocycles. The molecule has 1 aliphatic heterocycles. The Kier molecular flexibility index (Phi) is 6.60. The molecule has 1 aromatic heterocycles. The van der Waals surface area contributed by atoms with Crippen molar-refractivity contribution in [1.82, 2.24) is 4.98 Å². The van der Waals surface area contributed by atoms with Gasteiger partial charge in [-0.05, 0) is 60.7 Å². The van der Waals surface area contributed by atoms with Crippen molar-refractivity contribution < 1.29 is 14.3 Å². The second-order valence-electron chi connectivity index (χ2n) is 10.3. The van der Waals surface area contributed by atoms with Gasteiger partial charge in [0, 0.05) is 19.5 Å². The number of esters is 1. The first-order valence-corrected chi connectivity index (χ1v) is 13.5. The number of para-hydroxylation sites is 3. The van der Waals surface area contributed by atoms with E-state index in [0.29, 0.717) is 28.7 Å². The quantitative estimate of drug-likeness (QED) is 0.172. The van der Waals surface area contributed by atoms with Gasteiger partial charge in [-0.3, -0.25) is 4.79 Å². The van der Waals surface area contributed by atoms with E-state index in [1.807, 2.05) is 68.7 Å². The van der Waals surface area contributed by atoms with Gasteiger partial charge < -0.3 is 14.5 Å². The predicted molar refractivity (Wildman–Crippen MR) is 160 cm³/mol. The van der Waals surface area contributed by atoms with Crippen molar-refractivity contribution >= 4 is 45.7 Å². The molecule has 0 atom stereocenters. The largest absolute Gasteiger partial charge is 0.454 e. The number of pyridine rings is 1. The van der Waals surface area contributed by atoms with Gasteiger partial charge >= 0.3 is 5.97 Å². The number of benzene rings is 3. The number of Topliss-reactive ketones (excluding diaryl/α,β-unsaturated/α-hetero) is 1. The van der Waals surface area contributed by atoms with Crippen LogP contribution in [0.15, 0.2) is 84.2 Å². The summed E-state index contributed by atoms with van der Waals surface area (Å²) in [4.78, 5) is 35.4. The van der Waals surface area contributed by atoms with Crippen LogP contribution in [0.2, 0.25) is 0 Å². The van der Waals surface area contributed by atoms with E-state index in [9.17, 15) is 14.9 Å². The molecule has 0 bridgehead atoms. The summed E-state index contributed by atoms with van der Waals surface area (Å²) in [6.07, 6.45) is 3.50. The van der Waals surface area contributed by atoms with Gasteiger partial charge in [-0.1, -0.05) is 60.2 Å². The number of aromatic nitrogens is 1. The highest BCUT2D eigenvalue weighted by Crippen LogP contribution is 2.41. The van der Waals surface area contributed by atoms with E-state index in [4.69, 9.17) is 9.72 Å². The van der Waals surface area contributed by atoms with Crippen molar-refractivity contribution in [3.8, 4) is 6.07 Å². The van der Waals surface area contributed by atoms with Crippen LogP contribution in [0.5, 0.6) is 0 Å². The Hall–Kier alpha value is -5.22. The fraction of sp³-hybridized carbons (Fsp3) is 0.176. The monoisotopic (exact) mass is 540 g/mol. The van der Waals surface area contributed by atoms with Gasteiger partial charge in [0.25, 0.3) is 0 Å². The number of aryl methyl sites for hydroxylation is 1. The highest BCUT2D eigenvalue weighted by atomic mass is 16.5. The molecule has 0 saturated carbocycles. The van der Waals surface area contributed by atoms with Crippen molar-refractivity contribution in [3.05, 3.63) is 112 Å². The lowest BCUT2D eigenvalue weighted by Crippen LogP contribution is -2.28. The van der Waals surface area contributed by atoms with E-state index in [1.165, 1.54) is 5.56 Å². The number of hydrogen-bond donors (Lipinski definition) is 0. The number of rotatable bonds is 5. The molecule has 6 rings (SSSR count). The Morgan fingerprint density at radius 1 is 0.951 bits per heavy atom. The van der Waals surface area contributed by atoms with E-state index in [1.54, 1.807) is 9.80 Å². The zero-order valence-electron chi connectivity index (χ0n) is 23.1. The van der Waals surface area contributed by atoms with Gasteiger partial charge in [-0.15, -0.1) is 0 Å². The van der Waals surface area contributed by atoms with Crippen molar-refractivity contribution in [2.45, 2.75) is 19.8 Å². The molecule has 0 radical (unpaired) electrons. The van der Waals surface area contributed by atoms with Gasteiger partial charge in [-0.2, -0.15) is 5.26 Å². The van der Waals surface area contributed by atoms with Crippen molar-refractivity contribution in [3.63, 3.8) is 0 Å². The smallest absolute Gasteiger partial charge is 0.339 e. The van der Waals surface area contributed by atoms with Crippen LogP contribution in [0.4, 0.5) is 11.4 Å². The molecule has 0 amide bonds. The number of anilines is 2. The minimum absolute atomic E-state index is 0.0628. The maximum Gasteiger partial charge on any atom is 0.339 e. The third-order valence-electron chi connectivity index (χ3n) is 7.75. The first kappa shape index (κ1) is 26.0. The Labute approximate surface area is 238 Å². The number of ether oxygens (including phenoxy) is 1. The minimum atomic E-state index is -0.594. The molecule has 7 nitrogen and oxygen atoms in total. The molecule has 0 saturated heterocycles. The number of allylic oxidation sites excluding steroid dienone is 1. The van der Waals surface area contributed by atoms with Crippen LogP contribution in [-0.2, 0) is 16.0 Å². The molecule has 0 fully saturated rings. The van der Waals surface area contributed by atoms with Gasteiger partial charge in [0.15, 0.2) is 6.61 Å². The summed E-state index contributed by atoms with van der Waals surface area (Å²) in [6.45, 7) is 1.51. The molecular weight excluding hydrogens is 512 g/mol. The molecule has 202 valence electrons. The van der Waals surface area contributed by atoms with E-state index < -0.39 is 18.4 Å². The molecule has 0 unspecified atom stereocenters. The van der Waals surface area contributed by atoms with Gasteiger partial charge in [-0.25, -0.2) is 9.78 Å². The summed E-state index contributed by atoms with van der Waals surface area (Å²) < 4.78 is 5.62. The number of nitriles is 1. The lowest BCUT2D eigenvalue weighted by molar-refractivity contribution is -0.118. The average molecular weight is 541 g/mol. The Morgan fingerprint density at radius 2 is 1.61 bits per heavy atom. The first-order valence-electron chi connectivity index (χ1n) is 13.5. The highest BCUT2D eigenvalue weighted by Gasteiger charge is 2.32. The number of hydrogen-bond acceptors (Lipinski definition) is 7. The third kappa shape index (κ3) is 4.53. The second-order valence-corrected chi connectivity index (χ2v) is 10.3. The van der Waals surface area contributed by atoms with Crippen LogP contribution in [0, 0.1) is 18.3 Å². The van der Waals surface area contributed by atoms with Crippen molar-refractivity contribution in [2.75, 3.05) is 30.5 Å². The standard InChI is InChI=1S/C34H28N4O3/c1-21-12-14-22(15-13-21)18-23-16-17-25-31(24-8-4-5-9-27(24)36-32(23)25)34(40)41-20-30(39)26(19-35)33-37(2)28-10-6-7-11-29(28)38(33)3/h4-15,18H,16-17,20H2,1-3H3/b23-18-. The zero-order valence-corrected chi connectivity index (χ0v) is 23.1. The average Bonchev–Trinajstić information content (AvgIpc) is 3.50. The summed E-state index contributed by atoms with van der Waals surface area (Å²) in [5.41, 5.74) is 7.76. The molecule has 1 aliphatic carbocycles. The summed E-state index contributed by atoms with van der Waals surface area (Å²) in [7, 11) is 3.62. The van der Waals surface area contributed by atoms with Crippen LogP contribution in [0.3, 0.4) is 0 Å². The molecule has 3 aromatic carbocycles. The Morgan fingerprint density at radius 3 is 2.29 bits per heavy atom. The second kappa shape index (κ2) is 10.4. The van der Waals surface area contributed by atoms with Gasteiger partial charge in [0.2, 0.25) is 5.78 Å². The first-order chi connectivity index (χ1) is 19.9. The van der Waals surface area contributed by atoms with Crippen molar-refractivity contribution in [2.24, 2.45) is 0 Å². The lowest BCUT2D eigenvalue weighted by Gasteiger charge is -2.20. The molecule has 2 aliphatic rings. The highest BCUT2D eigenvalue weighted by molar-refractivity contribution is 6.09. The van der Waals surface area contributed by atoms with Crippen LogP contribution < -0.4 is 9.80 Å². The number of nitrogens with zero attached hydrogens (tertiary/aromatic N) is 4. The topological polar surface area (TPSA) is 86.5 Å². The maximum atomic E-state index is 13.6. The summed E-state index contributed by atoms with van der Waals surface area (Å²) in [6, 6.07) is 25.5. The van der Waals surface area contributed by atoms with E-state index in [0.717, 1.165) is 40.2 Å². The summed E-state index contributed by atoms with van der Waals surface area (Å²) in [5.74, 6) is -0.698. The van der Waals surface area contributed by atoms with Crippen LogP contribution >= 0.6 is 0 Å². The molecule has 4 aromatic rings. The molecule has 7 heteroatoms. The number of ketones is 1. The Balaban J connectivity index is 1.31. The van der Waals surface area contributed by atoms with E-state index in [-0.39, 0.29) is 5.57 Å². The SMILES string of the molecule is Cc1ccc(/C=C2/CCc3c2nc2ccccc2c3C(=O)OCC(=O)C(C#N)=C2N(C)c3ccccc3N2C)cc1. The zero-order chi connectivity index (χ0) is 28.7. The van der Waals surface area contributed by atoms with Crippen LogP contribution in [0.1, 0.15) is 39.2 Å². The van der Waals surface area contributed by atoms with Crippen LogP contribution in [-0.4, -0.2) is 37.4 Å². The van der Waals surface area contributed by atoms with E-state index in [2.05, 4.69) is 37.3 Å². The number of fused-ring (bicyclic) bond motifs is 3. The summed E-state index contributed by atoms with van der Waals surface area (Å²) in [5, 5.41) is 10.6. The van der Waals surface area contributed by atoms with Crippen molar-refractivity contribution in [1.29, 1.82) is 5.26 Å². The molecule has 0 N–H and O–H groups in total. The normalized spacial score (nSPS) is 14.7. The fourth-order valence-corrected chi connectivity index (χ4v) is 5.71. The lowest BCUT2D eigenvalue weighted by atomic mass is 10.0. The van der Waals surface area contributed by atoms with Gasteiger partial charge in [0.05, 0.1) is 28.1 Å². The minimum Gasteiger partial charge on any atom is -0.454 e. The Bertz CT molecular complexity index is 1800. The van der Waals surface area contributed by atoms with Crippen LogP contribution in [0.25, 0.3) is 22.6 Å². The maximum absolute atomic E-state index is 13.6. The third-order valence-corrected chi connectivity index (χ3v) is 7.75. The molecular formula is C34H28N4O3. The molecule has 41 heavy (non-hydrogen) atoms. The molecule has 0 spiro atoms. The number of carbonyl (C=O) groups excluding carboxylic acids is 2. The van der Waals surface area contributed by atoms with Gasteiger partial charge in [0.1, 0.15) is 17.5 Å². The van der Waals surface area contributed by atoms with E-state index >= 15 is 0 Å².